The molecule has 26 heavy (non-hydrogen) atoms. The zero-order valence-electron chi connectivity index (χ0n) is 13.9. The largest absolute Gasteiger partial charge is 1.00 e. The van der Waals surface area contributed by atoms with Gasteiger partial charge in [-0.2, -0.15) is 4.57 Å². The fourth-order valence-corrected chi connectivity index (χ4v) is 2.98. The van der Waals surface area contributed by atoms with Crippen LogP contribution in [0.1, 0.15) is 11.1 Å². The van der Waals surface area contributed by atoms with Crippen LogP contribution < -0.4 is 17.0 Å². The molecule has 0 saturated heterocycles. The van der Waals surface area contributed by atoms with Crippen molar-refractivity contribution in [3.05, 3.63) is 82.9 Å². The molecular weight excluding hydrogens is 374 g/mol. The van der Waals surface area contributed by atoms with Crippen molar-refractivity contribution in [2.45, 2.75) is 13.5 Å². The number of nitrogens with zero attached hydrogens (tertiary/aromatic N) is 2. The van der Waals surface area contributed by atoms with E-state index in [1.807, 2.05) is 54.2 Å². The Kier molecular flexibility index (Phi) is 5.25. The fourth-order valence-electron chi connectivity index (χ4n) is 2.75. The number of hydrogen-bond acceptors (Lipinski definition) is 2. The van der Waals surface area contributed by atoms with Crippen LogP contribution in [-0.4, -0.2) is 4.98 Å². The van der Waals surface area contributed by atoms with Crippen molar-refractivity contribution in [3.8, 4) is 11.5 Å². The molecule has 2 aromatic heterocycles. The highest BCUT2D eigenvalue weighted by atomic mass is 35.5. The summed E-state index contributed by atoms with van der Waals surface area (Å²) in [6.45, 7) is 2.56. The lowest BCUT2D eigenvalue weighted by atomic mass is 10.2. The molecule has 0 spiro atoms. The number of fused-ring (bicyclic) bond motifs is 1. The van der Waals surface area contributed by atoms with Gasteiger partial charge in [0.05, 0.1) is 5.02 Å². The van der Waals surface area contributed by atoms with Gasteiger partial charge in [-0.15, -0.1) is 0 Å². The van der Waals surface area contributed by atoms with Gasteiger partial charge in [0.25, 0.3) is 0 Å². The first-order valence-electron chi connectivity index (χ1n) is 7.89. The van der Waals surface area contributed by atoms with Crippen LogP contribution in [0.25, 0.3) is 22.6 Å². The van der Waals surface area contributed by atoms with E-state index in [4.69, 9.17) is 16.0 Å². The molecule has 0 amide bonds. The van der Waals surface area contributed by atoms with E-state index in [2.05, 4.69) is 4.98 Å². The normalized spacial score (nSPS) is 10.7. The standard InChI is InChI=1S/C20H15ClFN2O.ClH/c1-13-4-7-19-18(9-13)23-20(25-19)15-3-2-8-24(12-15)11-14-5-6-16(22)10-17(14)21;/h2-10,12H,11H2,1H3;1H/q+1;/p-1. The Morgan fingerprint density at radius 2 is 2.00 bits per heavy atom. The molecule has 0 bridgehead atoms. The zero-order valence-corrected chi connectivity index (χ0v) is 15.4. The van der Waals surface area contributed by atoms with E-state index in [0.717, 1.165) is 27.8 Å². The summed E-state index contributed by atoms with van der Waals surface area (Å²) in [7, 11) is 0. The third-order valence-corrected chi connectivity index (χ3v) is 4.37. The van der Waals surface area contributed by atoms with Gasteiger partial charge in [0.2, 0.25) is 5.89 Å². The highest BCUT2D eigenvalue weighted by molar-refractivity contribution is 6.31. The minimum Gasteiger partial charge on any atom is -1.00 e. The van der Waals surface area contributed by atoms with Crippen LogP contribution in [0.2, 0.25) is 5.02 Å². The number of hydrogen-bond donors (Lipinski definition) is 0. The summed E-state index contributed by atoms with van der Waals surface area (Å²) in [6, 6.07) is 14.2. The molecule has 132 valence electrons. The summed E-state index contributed by atoms with van der Waals surface area (Å²) in [4.78, 5) is 4.57. The van der Waals surface area contributed by atoms with Gasteiger partial charge in [0, 0.05) is 11.6 Å². The van der Waals surface area contributed by atoms with Gasteiger partial charge in [-0.05, 0) is 48.9 Å². The predicted octanol–water partition coefficient (Wildman–Crippen LogP) is 1.94. The average molecular weight is 389 g/mol. The molecule has 0 atom stereocenters. The molecule has 3 nitrogen and oxygen atoms in total. The SMILES string of the molecule is Cc1ccc2oc(-c3ccc[n+](Cc4ccc(F)cc4Cl)c3)nc2c1.[Cl-]. The van der Waals surface area contributed by atoms with E-state index >= 15 is 0 Å². The van der Waals surface area contributed by atoms with E-state index in [0.29, 0.717) is 17.5 Å². The van der Waals surface area contributed by atoms with Gasteiger partial charge in [-0.1, -0.05) is 17.7 Å². The van der Waals surface area contributed by atoms with Crippen LogP contribution in [-0.2, 0) is 6.54 Å². The molecule has 2 heterocycles. The molecule has 0 fully saturated rings. The van der Waals surface area contributed by atoms with E-state index in [9.17, 15) is 4.39 Å². The smallest absolute Gasteiger partial charge is 0.233 e. The number of aromatic nitrogens is 2. The molecule has 0 N–H and O–H groups in total. The predicted molar refractivity (Wildman–Crippen MR) is 94.9 cm³/mol. The quantitative estimate of drug-likeness (QED) is 0.502. The van der Waals surface area contributed by atoms with Crippen molar-refractivity contribution < 1.29 is 25.8 Å². The summed E-state index contributed by atoms with van der Waals surface area (Å²) in [5.74, 6) is 0.231. The first kappa shape index (κ1) is 18.4. The third-order valence-electron chi connectivity index (χ3n) is 4.02. The second-order valence-electron chi connectivity index (χ2n) is 5.99. The first-order valence-corrected chi connectivity index (χ1v) is 8.27. The molecule has 4 rings (SSSR count). The highest BCUT2D eigenvalue weighted by Crippen LogP contribution is 2.24. The minimum atomic E-state index is -0.339. The zero-order chi connectivity index (χ0) is 17.4. The minimum absolute atomic E-state index is 0. The van der Waals surface area contributed by atoms with Crippen LogP contribution in [0.3, 0.4) is 0 Å². The summed E-state index contributed by atoms with van der Waals surface area (Å²) >= 11 is 6.12. The van der Waals surface area contributed by atoms with Gasteiger partial charge in [0.1, 0.15) is 16.9 Å². The monoisotopic (exact) mass is 388 g/mol. The average Bonchev–Trinajstić information content (AvgIpc) is 3.01. The second-order valence-corrected chi connectivity index (χ2v) is 6.40. The summed E-state index contributed by atoms with van der Waals surface area (Å²) in [6.07, 6.45) is 3.87. The van der Waals surface area contributed by atoms with E-state index in [1.165, 1.54) is 12.1 Å². The number of pyridine rings is 1. The van der Waals surface area contributed by atoms with Crippen LogP contribution in [0.5, 0.6) is 0 Å². The van der Waals surface area contributed by atoms with E-state index < -0.39 is 0 Å². The topological polar surface area (TPSA) is 29.9 Å². The van der Waals surface area contributed by atoms with Crippen molar-refractivity contribution in [2.24, 2.45) is 0 Å². The van der Waals surface area contributed by atoms with E-state index in [-0.39, 0.29) is 18.2 Å². The number of aryl methyl sites for hydroxylation is 1. The molecule has 0 saturated carbocycles. The van der Waals surface area contributed by atoms with Gasteiger partial charge in [0.15, 0.2) is 24.5 Å². The van der Waals surface area contributed by atoms with Gasteiger partial charge in [-0.3, -0.25) is 0 Å². The lowest BCUT2D eigenvalue weighted by molar-refractivity contribution is -0.687. The van der Waals surface area contributed by atoms with Crippen molar-refractivity contribution in [1.29, 1.82) is 0 Å². The van der Waals surface area contributed by atoms with Crippen LogP contribution in [0, 0.1) is 12.7 Å². The molecule has 0 aliphatic heterocycles. The van der Waals surface area contributed by atoms with Crippen LogP contribution in [0.4, 0.5) is 4.39 Å². The Labute approximate surface area is 161 Å². The number of halogens is 3. The van der Waals surface area contributed by atoms with Crippen molar-refractivity contribution in [2.75, 3.05) is 0 Å². The molecule has 0 radical (unpaired) electrons. The van der Waals surface area contributed by atoms with E-state index in [1.54, 1.807) is 6.07 Å². The maximum atomic E-state index is 13.2. The van der Waals surface area contributed by atoms with Gasteiger partial charge < -0.3 is 16.8 Å². The molecule has 4 aromatic rings. The lowest BCUT2D eigenvalue weighted by Gasteiger charge is -2.02. The van der Waals surface area contributed by atoms with Crippen molar-refractivity contribution >= 4 is 22.7 Å². The second kappa shape index (κ2) is 7.44. The third kappa shape index (κ3) is 3.71. The lowest BCUT2D eigenvalue weighted by Crippen LogP contribution is -3.00. The fraction of sp³-hybridized carbons (Fsp3) is 0.100. The van der Waals surface area contributed by atoms with Crippen LogP contribution >= 0.6 is 11.6 Å². The first-order chi connectivity index (χ1) is 12.1. The van der Waals surface area contributed by atoms with Crippen molar-refractivity contribution in [3.63, 3.8) is 0 Å². The number of benzene rings is 2. The summed E-state index contributed by atoms with van der Waals surface area (Å²) < 4.78 is 21.0. The van der Waals surface area contributed by atoms with Gasteiger partial charge >= 0.3 is 0 Å². The Morgan fingerprint density at radius 1 is 1.15 bits per heavy atom. The molecule has 6 heteroatoms. The summed E-state index contributed by atoms with van der Waals surface area (Å²) in [5.41, 5.74) is 4.46. The number of oxazole rings is 1. The molecular formula is C20H15Cl2FN2O. The van der Waals surface area contributed by atoms with Crippen LogP contribution in [0.15, 0.2) is 65.3 Å². The Morgan fingerprint density at radius 3 is 2.81 bits per heavy atom. The molecule has 2 aromatic carbocycles. The van der Waals surface area contributed by atoms with Gasteiger partial charge in [-0.25, -0.2) is 9.37 Å². The maximum Gasteiger partial charge on any atom is 0.233 e. The maximum absolute atomic E-state index is 13.2. The Bertz CT molecular complexity index is 1080. The highest BCUT2D eigenvalue weighted by Gasteiger charge is 2.13. The molecule has 0 aliphatic rings. The Hall–Kier alpha value is -2.43. The van der Waals surface area contributed by atoms with Crippen molar-refractivity contribution in [1.82, 2.24) is 4.98 Å². The Balaban J connectivity index is 0.00000196. The molecule has 0 unspecified atom stereocenters. The number of rotatable bonds is 3. The molecule has 0 aliphatic carbocycles. The summed E-state index contributed by atoms with van der Waals surface area (Å²) in [5, 5.41) is 0.412.